The van der Waals surface area contributed by atoms with Crippen molar-refractivity contribution in [2.75, 3.05) is 0 Å². The lowest BCUT2D eigenvalue weighted by Gasteiger charge is -2.57. The molecule has 0 spiro atoms. The molecule has 0 amide bonds. The molecule has 4 aliphatic rings. The Kier molecular flexibility index (Phi) is 14.7. The first kappa shape index (κ1) is 63.7. The third-order valence-electron chi connectivity index (χ3n) is 21.4. The van der Waals surface area contributed by atoms with Gasteiger partial charge in [-0.15, -0.1) is 17.5 Å². The second-order valence-electron chi connectivity index (χ2n) is 26.2. The van der Waals surface area contributed by atoms with Crippen LogP contribution in [0.25, 0.3) is 44.2 Å². The molecular weight excluding hydrogens is 1250 g/mol. The van der Waals surface area contributed by atoms with Gasteiger partial charge in [-0.25, -0.2) is 74.6 Å². The minimum absolute atomic E-state index is 0.186. The molecule has 0 saturated heterocycles. The van der Waals surface area contributed by atoms with Gasteiger partial charge in [0.05, 0.1) is 19.6 Å². The fourth-order valence-corrected chi connectivity index (χ4v) is 25.5. The van der Waals surface area contributed by atoms with Crippen molar-refractivity contribution in [3.05, 3.63) is 228 Å². The maximum Gasteiger partial charge on any atom is 0.258 e. The number of fused-ring (bicyclic) bond motifs is 10. The van der Waals surface area contributed by atoms with Crippen molar-refractivity contribution in [2.24, 2.45) is 0 Å². The van der Waals surface area contributed by atoms with E-state index in [4.69, 9.17) is 4.43 Å². The monoisotopic (exact) mass is 1310 g/mol. The highest BCUT2D eigenvalue weighted by Gasteiger charge is 2.62. The number of hydrogen-bond donors (Lipinski definition) is 0. The van der Waals surface area contributed by atoms with Crippen LogP contribution >= 0.6 is 0 Å². The normalized spacial score (nSPS) is 19.0. The number of benzene rings is 8. The lowest BCUT2D eigenvalue weighted by Crippen LogP contribution is -2.65. The largest absolute Gasteiger partial charge is 0.540 e. The zero-order chi connectivity index (χ0) is 66.6. The summed E-state index contributed by atoms with van der Waals surface area (Å²) in [5.74, 6) is -56.4. The Morgan fingerprint density at radius 3 is 1.20 bits per heavy atom. The van der Waals surface area contributed by atoms with Crippen molar-refractivity contribution in [3.8, 4) is 39.1 Å². The van der Waals surface area contributed by atoms with Gasteiger partial charge < -0.3 is 4.43 Å². The van der Waals surface area contributed by atoms with Gasteiger partial charge in [0.1, 0.15) is 5.82 Å². The van der Waals surface area contributed by atoms with Gasteiger partial charge >= 0.3 is 0 Å². The van der Waals surface area contributed by atoms with Crippen LogP contribution in [0.1, 0.15) is 120 Å². The highest BCUT2D eigenvalue weighted by Crippen LogP contribution is 2.68. The van der Waals surface area contributed by atoms with E-state index in [0.29, 0.717) is 5.57 Å². The second kappa shape index (κ2) is 21.0. The van der Waals surface area contributed by atoms with Gasteiger partial charge in [-0.2, -0.15) is 9.85 Å². The number of rotatable bonds is 11. The van der Waals surface area contributed by atoms with Gasteiger partial charge in [0.25, 0.3) is 8.32 Å². The minimum atomic E-state index is -5.57. The zero-order valence-electron chi connectivity index (χ0n) is 50.6. The molecule has 4 unspecified atom stereocenters. The highest BCUT2D eigenvalue weighted by molar-refractivity contribution is 6.99. The molecule has 0 bridgehead atoms. The summed E-state index contributed by atoms with van der Waals surface area (Å²) in [7, 11) is -7.54. The average molecular weight is 1310 g/mol. The Morgan fingerprint density at radius 1 is 0.429 bits per heavy atom. The molecule has 4 aliphatic carbocycles. The van der Waals surface area contributed by atoms with Crippen LogP contribution in [0.4, 0.5) is 79.0 Å². The summed E-state index contributed by atoms with van der Waals surface area (Å²) >= 11 is 0. The van der Waals surface area contributed by atoms with E-state index in [2.05, 4.69) is 6.08 Å². The SMILES string of the molecule is CC1=[C]C(C)([Si](C)(C)c2ccc3c(c2)C([B-](c2c(F)c(F)c(F)c4c(O[Si](C(C)C)(C(C)C)C(C)C)c(F)c(F)c(F)c24)(C2c4ccccc4-c4c(F)c(F)c(F)c(F)c42)C2c4ccccc4-c4c(F)c(F)c(F)c(F)c42)c2c(F)c(F)c(F)c(F)c2-3)C(C)=C1C. The van der Waals surface area contributed by atoms with E-state index >= 15 is 79.0 Å². The van der Waals surface area contributed by atoms with Crippen LogP contribution in [0, 0.1) is 111 Å². The van der Waals surface area contributed by atoms with E-state index in [0.717, 1.165) is 65.7 Å². The van der Waals surface area contributed by atoms with Crippen LogP contribution in [0.15, 0.2) is 83.4 Å². The Hall–Kier alpha value is -7.46. The number of allylic oxidation sites excluding steroid dienone is 4. The lowest BCUT2D eigenvalue weighted by atomic mass is 9.04. The summed E-state index contributed by atoms with van der Waals surface area (Å²) in [6.45, 7) is 20.2. The number of hydrogen-bond acceptors (Lipinski definition) is 1. The molecule has 91 heavy (non-hydrogen) atoms. The van der Waals surface area contributed by atoms with E-state index in [1.807, 2.05) is 0 Å². The van der Waals surface area contributed by atoms with Gasteiger partial charge in [0, 0.05) is 21.7 Å². The van der Waals surface area contributed by atoms with Crippen LogP contribution in [-0.4, -0.2) is 22.5 Å². The van der Waals surface area contributed by atoms with Crippen molar-refractivity contribution in [1.82, 2.24) is 0 Å². The molecule has 22 heteroatoms. The molecule has 473 valence electrons. The van der Waals surface area contributed by atoms with Crippen molar-refractivity contribution >= 4 is 44.0 Å². The lowest BCUT2D eigenvalue weighted by molar-refractivity contribution is 0.401. The zero-order valence-corrected chi connectivity index (χ0v) is 52.6. The molecule has 1 nitrogen and oxygen atoms in total. The van der Waals surface area contributed by atoms with E-state index in [1.165, 1.54) is 12.1 Å². The third-order valence-corrected chi connectivity index (χ3v) is 32.2. The summed E-state index contributed by atoms with van der Waals surface area (Å²) in [6, 6.07) is 11.7. The molecule has 0 fully saturated rings. The second-order valence-corrected chi connectivity index (χ2v) is 36.4. The third kappa shape index (κ3) is 7.89. The quantitative estimate of drug-likeness (QED) is 0.0543. The summed E-state index contributed by atoms with van der Waals surface area (Å²) in [5, 5.41) is -4.70. The van der Waals surface area contributed by atoms with Crippen molar-refractivity contribution < 1.29 is 83.5 Å². The number of halogens is 18. The van der Waals surface area contributed by atoms with Crippen LogP contribution in [0.5, 0.6) is 5.75 Å². The Balaban J connectivity index is 1.46. The first-order valence-electron chi connectivity index (χ1n) is 29.3. The smallest absolute Gasteiger partial charge is 0.258 e. The fraction of sp³-hybridized carbons (Fsp3) is 0.275. The van der Waals surface area contributed by atoms with Gasteiger partial charge in [-0.1, -0.05) is 156 Å². The highest BCUT2D eigenvalue weighted by atomic mass is 28.4. The molecular formula is C69H53BF18OSi2-. The topological polar surface area (TPSA) is 9.23 Å². The summed E-state index contributed by atoms with van der Waals surface area (Å²) in [4.78, 5) is 0. The molecule has 4 atom stereocenters. The maximum atomic E-state index is 19.7. The molecule has 1 radical (unpaired) electrons. The molecule has 0 aliphatic heterocycles. The van der Waals surface area contributed by atoms with Gasteiger partial charge in [-0.05, 0) is 93.4 Å². The molecule has 0 saturated carbocycles. The van der Waals surface area contributed by atoms with E-state index in [9.17, 15) is 0 Å². The molecule has 8 aromatic rings. The molecule has 8 aromatic carbocycles. The van der Waals surface area contributed by atoms with E-state index < -0.39 is 255 Å². The van der Waals surface area contributed by atoms with Gasteiger partial charge in [-0.3, -0.25) is 0 Å². The summed E-state index contributed by atoms with van der Waals surface area (Å²) < 4.78 is 325. The predicted octanol–water partition coefficient (Wildman–Crippen LogP) is 20.4. The average Bonchev–Trinajstić information content (AvgIpc) is 1.53. The van der Waals surface area contributed by atoms with Crippen LogP contribution < -0.4 is 15.1 Å². The fourth-order valence-electron chi connectivity index (χ4n) is 17.1. The molecule has 0 aromatic heterocycles. The molecule has 0 heterocycles. The van der Waals surface area contributed by atoms with Crippen molar-refractivity contribution in [2.45, 2.75) is 121 Å². The maximum absolute atomic E-state index is 19.7. The van der Waals surface area contributed by atoms with Gasteiger partial charge in [0.2, 0.25) is 5.82 Å². The Morgan fingerprint density at radius 2 is 0.791 bits per heavy atom. The molecule has 0 N–H and O–H groups in total. The predicted molar refractivity (Wildman–Crippen MR) is 318 cm³/mol. The summed E-state index contributed by atoms with van der Waals surface area (Å²) in [6.07, 6.45) is -2.09. The van der Waals surface area contributed by atoms with E-state index in [1.54, 1.807) is 82.3 Å². The summed E-state index contributed by atoms with van der Waals surface area (Å²) in [5.41, 5.74) is -15.0. The first-order valence-corrected chi connectivity index (χ1v) is 34.4. The van der Waals surface area contributed by atoms with Crippen molar-refractivity contribution in [1.29, 1.82) is 0 Å². The molecule has 12 rings (SSSR count). The standard InChI is InChI=1S/C69H53BF18OSi2/c1-25(2)91(26(3)4,27(5)6)89-68-45-44(56(77)66(87)67(68)88)49(58(79)59(80)57(45)78)70(46-35-19-15-13-17-32(35)38-41(46)53(74)63(84)60(81)50(38)71,47-36-20-16-14-18-33(36)39-42(47)54(75)64(85)61(82)51(39)72)48-37-23-31(90(11,12)69(10)24-28(7)29(8)30(69)9)21-22-34(37)40-43(48)55(76)65(86)62(83)52(40)73/h13-23,25-27,46-48H,1-12H3/q-1. The Bertz CT molecular complexity index is 4530. The Labute approximate surface area is 513 Å². The van der Waals surface area contributed by atoms with Crippen LogP contribution in [0.3, 0.4) is 0 Å². The van der Waals surface area contributed by atoms with Crippen molar-refractivity contribution in [3.63, 3.8) is 0 Å². The van der Waals surface area contributed by atoms with Crippen LogP contribution in [-0.2, 0) is 0 Å². The minimum Gasteiger partial charge on any atom is -0.540 e. The van der Waals surface area contributed by atoms with Crippen LogP contribution in [0.2, 0.25) is 34.8 Å². The van der Waals surface area contributed by atoms with Gasteiger partial charge in [0.15, 0.2) is 98.8 Å². The first-order chi connectivity index (χ1) is 42.6. The van der Waals surface area contributed by atoms with E-state index in [-0.39, 0.29) is 5.19 Å².